The fourth-order valence-corrected chi connectivity index (χ4v) is 4.21. The van der Waals surface area contributed by atoms with Crippen molar-refractivity contribution in [3.63, 3.8) is 0 Å². The fraction of sp³-hybridized carbons (Fsp3) is 0.409. The van der Waals surface area contributed by atoms with Crippen LogP contribution in [0.3, 0.4) is 0 Å². The Kier molecular flexibility index (Phi) is 6.47. The second kappa shape index (κ2) is 8.26. The van der Waals surface area contributed by atoms with Crippen molar-refractivity contribution < 1.29 is 8.42 Å². The SMILES string of the molecule is CCN(CC)C(=NS(=O)(=O)c1cc(C(C)(C)C)ccc1C)c1ccccc1. The summed E-state index contributed by atoms with van der Waals surface area (Å²) in [6.07, 6.45) is 0. The van der Waals surface area contributed by atoms with Gasteiger partial charge in [-0.1, -0.05) is 63.2 Å². The van der Waals surface area contributed by atoms with Crippen LogP contribution in [-0.2, 0) is 15.4 Å². The summed E-state index contributed by atoms with van der Waals surface area (Å²) >= 11 is 0. The van der Waals surface area contributed by atoms with Crippen LogP contribution in [0.1, 0.15) is 51.3 Å². The van der Waals surface area contributed by atoms with Crippen molar-refractivity contribution in [2.75, 3.05) is 13.1 Å². The van der Waals surface area contributed by atoms with Crippen LogP contribution in [0.5, 0.6) is 0 Å². The first-order valence-corrected chi connectivity index (χ1v) is 10.8. The van der Waals surface area contributed by atoms with Crippen molar-refractivity contribution in [2.24, 2.45) is 4.40 Å². The van der Waals surface area contributed by atoms with E-state index in [1.54, 1.807) is 6.07 Å². The number of sulfonamides is 1. The van der Waals surface area contributed by atoms with Gasteiger partial charge in [0.05, 0.1) is 4.90 Å². The van der Waals surface area contributed by atoms with E-state index in [4.69, 9.17) is 0 Å². The zero-order valence-corrected chi connectivity index (χ0v) is 18.0. The highest BCUT2D eigenvalue weighted by atomic mass is 32.2. The largest absolute Gasteiger partial charge is 0.356 e. The first-order valence-electron chi connectivity index (χ1n) is 9.36. The molecule has 0 heterocycles. The molecule has 0 radical (unpaired) electrons. The summed E-state index contributed by atoms with van der Waals surface area (Å²) in [5.41, 5.74) is 2.35. The molecule has 0 saturated heterocycles. The Hall–Kier alpha value is -2.14. The monoisotopic (exact) mass is 386 g/mol. The van der Waals surface area contributed by atoms with Gasteiger partial charge in [-0.05, 0) is 43.4 Å². The maximum absolute atomic E-state index is 13.2. The molecular formula is C22H30N2O2S. The van der Waals surface area contributed by atoms with Gasteiger partial charge in [-0.15, -0.1) is 4.40 Å². The van der Waals surface area contributed by atoms with E-state index >= 15 is 0 Å². The predicted molar refractivity (Wildman–Crippen MR) is 113 cm³/mol. The fourth-order valence-electron chi connectivity index (χ4n) is 2.91. The van der Waals surface area contributed by atoms with Crippen LogP contribution < -0.4 is 0 Å². The highest BCUT2D eigenvalue weighted by Gasteiger charge is 2.23. The smallest absolute Gasteiger partial charge is 0.284 e. The minimum Gasteiger partial charge on any atom is -0.356 e. The number of amidine groups is 1. The average molecular weight is 387 g/mol. The van der Waals surface area contributed by atoms with Crippen LogP contribution in [0.2, 0.25) is 0 Å². The van der Waals surface area contributed by atoms with Gasteiger partial charge in [0, 0.05) is 18.7 Å². The van der Waals surface area contributed by atoms with Crippen LogP contribution in [0.15, 0.2) is 57.8 Å². The van der Waals surface area contributed by atoms with Crippen LogP contribution in [-0.4, -0.2) is 32.2 Å². The third kappa shape index (κ3) is 4.98. The van der Waals surface area contributed by atoms with E-state index in [1.807, 2.05) is 68.1 Å². The van der Waals surface area contributed by atoms with Crippen molar-refractivity contribution in [1.82, 2.24) is 4.90 Å². The highest BCUT2D eigenvalue weighted by Crippen LogP contribution is 2.28. The second-order valence-electron chi connectivity index (χ2n) is 7.66. The summed E-state index contributed by atoms with van der Waals surface area (Å²) in [4.78, 5) is 2.24. The van der Waals surface area contributed by atoms with Gasteiger partial charge in [0.15, 0.2) is 0 Å². The zero-order valence-electron chi connectivity index (χ0n) is 17.2. The van der Waals surface area contributed by atoms with Gasteiger partial charge in [0.1, 0.15) is 5.84 Å². The summed E-state index contributed by atoms with van der Waals surface area (Å²) in [5.74, 6) is 0.487. The predicted octanol–water partition coefficient (Wildman–Crippen LogP) is 4.77. The Bertz CT molecular complexity index is 907. The molecule has 0 aliphatic heterocycles. The standard InChI is InChI=1S/C22H30N2O2S/c1-7-24(8-2)21(18-12-10-9-11-13-18)23-27(25,26)20-16-19(22(4,5)6)15-14-17(20)3/h9-16H,7-8H2,1-6H3. The molecule has 146 valence electrons. The molecule has 5 heteroatoms. The number of benzene rings is 2. The molecule has 0 N–H and O–H groups in total. The van der Waals surface area contributed by atoms with Gasteiger partial charge in [0.2, 0.25) is 0 Å². The quantitative estimate of drug-likeness (QED) is 0.549. The molecule has 0 amide bonds. The molecule has 2 aromatic carbocycles. The lowest BCUT2D eigenvalue weighted by molar-refractivity contribution is 0.467. The molecule has 27 heavy (non-hydrogen) atoms. The van der Waals surface area contributed by atoms with Crippen molar-refractivity contribution >= 4 is 15.9 Å². The number of hydrogen-bond donors (Lipinski definition) is 0. The number of rotatable bonds is 5. The molecule has 0 unspecified atom stereocenters. The Morgan fingerprint density at radius 2 is 1.59 bits per heavy atom. The molecule has 0 saturated carbocycles. The molecule has 0 aliphatic carbocycles. The normalized spacial score (nSPS) is 12.9. The number of nitrogens with zero attached hydrogens (tertiary/aromatic N) is 2. The average Bonchev–Trinajstić information content (AvgIpc) is 2.61. The molecule has 4 nitrogen and oxygen atoms in total. The van der Waals surface area contributed by atoms with E-state index in [0.29, 0.717) is 24.5 Å². The van der Waals surface area contributed by atoms with Crippen LogP contribution in [0.4, 0.5) is 0 Å². The molecule has 0 atom stereocenters. The lowest BCUT2D eigenvalue weighted by Crippen LogP contribution is -2.32. The summed E-state index contributed by atoms with van der Waals surface area (Å²) in [5, 5.41) is 0. The Morgan fingerprint density at radius 1 is 1.00 bits per heavy atom. The molecule has 0 fully saturated rings. The first kappa shape index (κ1) is 21.2. The van der Waals surface area contributed by atoms with Crippen molar-refractivity contribution in [2.45, 2.75) is 51.9 Å². The Labute approximate surface area is 164 Å². The molecule has 2 rings (SSSR count). The molecule has 0 aromatic heterocycles. The van der Waals surface area contributed by atoms with E-state index in [9.17, 15) is 8.42 Å². The second-order valence-corrected chi connectivity index (χ2v) is 9.23. The summed E-state index contributed by atoms with van der Waals surface area (Å²) in [6, 6.07) is 15.1. The first-order chi connectivity index (χ1) is 12.6. The van der Waals surface area contributed by atoms with Gasteiger partial charge in [-0.25, -0.2) is 0 Å². The molecule has 2 aromatic rings. The molecular weight excluding hydrogens is 356 g/mol. The number of aryl methyl sites for hydroxylation is 1. The van der Waals surface area contributed by atoms with Gasteiger partial charge >= 0.3 is 0 Å². The summed E-state index contributed by atoms with van der Waals surface area (Å²) in [6.45, 7) is 13.4. The van der Waals surface area contributed by atoms with Crippen LogP contribution in [0.25, 0.3) is 0 Å². The minimum atomic E-state index is -3.84. The lowest BCUT2D eigenvalue weighted by Gasteiger charge is -2.23. The van der Waals surface area contributed by atoms with E-state index in [0.717, 1.165) is 11.1 Å². The maximum Gasteiger partial charge on any atom is 0.284 e. The van der Waals surface area contributed by atoms with E-state index in [-0.39, 0.29) is 10.3 Å². The van der Waals surface area contributed by atoms with Gasteiger partial charge in [-0.3, -0.25) is 0 Å². The zero-order chi connectivity index (χ0) is 20.2. The molecule has 0 aliphatic rings. The van der Waals surface area contributed by atoms with E-state index < -0.39 is 10.0 Å². The lowest BCUT2D eigenvalue weighted by atomic mass is 9.87. The maximum atomic E-state index is 13.2. The molecule has 0 spiro atoms. The Morgan fingerprint density at radius 3 is 2.11 bits per heavy atom. The minimum absolute atomic E-state index is 0.136. The molecule has 0 bridgehead atoms. The van der Waals surface area contributed by atoms with Gasteiger partial charge < -0.3 is 4.90 Å². The van der Waals surface area contributed by atoms with Crippen molar-refractivity contribution in [3.8, 4) is 0 Å². The Balaban J connectivity index is 2.65. The summed E-state index contributed by atoms with van der Waals surface area (Å²) in [7, 11) is -3.84. The third-order valence-corrected chi connectivity index (χ3v) is 6.04. The highest BCUT2D eigenvalue weighted by molar-refractivity contribution is 7.90. The van der Waals surface area contributed by atoms with Gasteiger partial charge in [0.25, 0.3) is 10.0 Å². The van der Waals surface area contributed by atoms with Crippen LogP contribution >= 0.6 is 0 Å². The topological polar surface area (TPSA) is 49.7 Å². The van der Waals surface area contributed by atoms with Crippen molar-refractivity contribution in [3.05, 3.63) is 65.2 Å². The third-order valence-electron chi connectivity index (χ3n) is 4.63. The summed E-state index contributed by atoms with van der Waals surface area (Å²) < 4.78 is 30.8. The van der Waals surface area contributed by atoms with Crippen molar-refractivity contribution in [1.29, 1.82) is 0 Å². The van der Waals surface area contributed by atoms with E-state index in [2.05, 4.69) is 25.2 Å². The van der Waals surface area contributed by atoms with Crippen LogP contribution in [0, 0.1) is 6.92 Å². The van der Waals surface area contributed by atoms with Gasteiger partial charge in [-0.2, -0.15) is 8.42 Å². The number of hydrogen-bond acceptors (Lipinski definition) is 2. The van der Waals surface area contributed by atoms with E-state index in [1.165, 1.54) is 0 Å².